The maximum Gasteiger partial charge on any atom is 0.264 e. The molecule has 3 rings (SSSR count). The fraction of sp³-hybridized carbons (Fsp3) is 0.0588. The molecule has 2 aromatic carbocycles. The molecule has 150 valence electrons. The Balaban J connectivity index is 1.55. The molecule has 0 bridgehead atoms. The van der Waals surface area contributed by atoms with Crippen molar-refractivity contribution in [2.45, 2.75) is 5.16 Å². The standard InChI is InChI=1S/C17H14ClF2N7OS/c18-11-6-4-10(5-7-11)8-22-24-16-25-26-17(27(16)21)29-9-14(28)23-15-12(19)2-1-3-13(15)20/h1-8H,9,21H2,(H,23,28)(H,24,25)/b22-8+. The van der Waals surface area contributed by atoms with Gasteiger partial charge in [-0.05, 0) is 29.8 Å². The van der Waals surface area contributed by atoms with Gasteiger partial charge in [0, 0.05) is 5.02 Å². The molecule has 3 aromatic rings. The molecule has 4 N–H and O–H groups in total. The smallest absolute Gasteiger partial charge is 0.264 e. The predicted molar refractivity (Wildman–Crippen MR) is 109 cm³/mol. The van der Waals surface area contributed by atoms with Gasteiger partial charge in [0.1, 0.15) is 17.3 Å². The molecular weight excluding hydrogens is 424 g/mol. The van der Waals surface area contributed by atoms with Gasteiger partial charge in [-0.15, -0.1) is 10.2 Å². The van der Waals surface area contributed by atoms with Crippen LogP contribution < -0.4 is 16.6 Å². The van der Waals surface area contributed by atoms with Crippen LogP contribution in [-0.4, -0.2) is 32.7 Å². The minimum Gasteiger partial charge on any atom is -0.334 e. The van der Waals surface area contributed by atoms with Crippen molar-refractivity contribution in [2.75, 3.05) is 22.3 Å². The Morgan fingerprint density at radius 1 is 1.21 bits per heavy atom. The number of carbonyl (C=O) groups excluding carboxylic acids is 1. The maximum absolute atomic E-state index is 13.6. The molecule has 0 aliphatic rings. The number of nitrogen functional groups attached to an aromatic ring is 1. The van der Waals surface area contributed by atoms with Crippen LogP contribution in [0.2, 0.25) is 5.02 Å². The number of carbonyl (C=O) groups is 1. The van der Waals surface area contributed by atoms with Crippen LogP contribution in [0.25, 0.3) is 0 Å². The number of rotatable bonds is 7. The first kappa shape index (κ1) is 20.6. The van der Waals surface area contributed by atoms with E-state index in [0.29, 0.717) is 5.02 Å². The first-order valence-corrected chi connectivity index (χ1v) is 9.42. The number of nitrogens with one attached hydrogen (secondary N) is 2. The Hall–Kier alpha value is -3.18. The zero-order chi connectivity index (χ0) is 20.8. The molecule has 0 atom stereocenters. The number of nitrogens with two attached hydrogens (primary N) is 1. The van der Waals surface area contributed by atoms with Crippen LogP contribution in [0, 0.1) is 11.6 Å². The number of halogens is 3. The second-order valence-corrected chi connectivity index (χ2v) is 6.91. The average Bonchev–Trinajstić information content (AvgIpc) is 3.04. The molecule has 0 saturated heterocycles. The van der Waals surface area contributed by atoms with Crippen molar-refractivity contribution in [3.63, 3.8) is 0 Å². The Kier molecular flexibility index (Phi) is 6.62. The van der Waals surface area contributed by atoms with Crippen molar-refractivity contribution in [2.24, 2.45) is 5.10 Å². The van der Waals surface area contributed by atoms with Crippen LogP contribution in [0.1, 0.15) is 5.56 Å². The summed E-state index contributed by atoms with van der Waals surface area (Å²) in [6.45, 7) is 0. The number of benzene rings is 2. The third-order valence-electron chi connectivity index (χ3n) is 3.47. The number of para-hydroxylation sites is 1. The Morgan fingerprint density at radius 3 is 2.59 bits per heavy atom. The number of amides is 1. The lowest BCUT2D eigenvalue weighted by Gasteiger charge is -2.07. The summed E-state index contributed by atoms with van der Waals surface area (Å²) in [7, 11) is 0. The van der Waals surface area contributed by atoms with Gasteiger partial charge in [-0.25, -0.2) is 18.9 Å². The lowest BCUT2D eigenvalue weighted by molar-refractivity contribution is -0.113. The first-order chi connectivity index (χ1) is 13.9. The van der Waals surface area contributed by atoms with Gasteiger partial charge in [-0.2, -0.15) is 5.10 Å². The summed E-state index contributed by atoms with van der Waals surface area (Å²) in [6, 6.07) is 10.3. The Labute approximate surface area is 173 Å². The molecule has 0 fully saturated rings. The number of thioether (sulfide) groups is 1. The summed E-state index contributed by atoms with van der Waals surface area (Å²) in [5.41, 5.74) is 2.92. The van der Waals surface area contributed by atoms with Crippen molar-refractivity contribution >= 4 is 47.1 Å². The fourth-order valence-electron chi connectivity index (χ4n) is 2.09. The van der Waals surface area contributed by atoms with Gasteiger partial charge < -0.3 is 11.2 Å². The number of anilines is 2. The van der Waals surface area contributed by atoms with Crippen LogP contribution in [0.4, 0.5) is 20.4 Å². The molecule has 12 heteroatoms. The van der Waals surface area contributed by atoms with Crippen molar-refractivity contribution < 1.29 is 13.6 Å². The van der Waals surface area contributed by atoms with E-state index in [2.05, 4.69) is 26.0 Å². The van der Waals surface area contributed by atoms with Crippen LogP contribution in [0.15, 0.2) is 52.7 Å². The highest BCUT2D eigenvalue weighted by atomic mass is 35.5. The van der Waals surface area contributed by atoms with E-state index in [1.165, 1.54) is 12.3 Å². The number of hydrogen-bond donors (Lipinski definition) is 3. The number of hydrazone groups is 1. The van der Waals surface area contributed by atoms with Gasteiger partial charge in [0.2, 0.25) is 11.1 Å². The molecule has 0 saturated carbocycles. The van der Waals surface area contributed by atoms with E-state index in [1.807, 2.05) is 0 Å². The van der Waals surface area contributed by atoms with E-state index in [4.69, 9.17) is 17.4 Å². The largest absolute Gasteiger partial charge is 0.334 e. The number of nitrogens with zero attached hydrogens (tertiary/aromatic N) is 4. The van der Waals surface area contributed by atoms with Gasteiger partial charge in [0.15, 0.2) is 0 Å². The normalized spacial score (nSPS) is 11.0. The molecule has 0 unspecified atom stereocenters. The third-order valence-corrected chi connectivity index (χ3v) is 4.67. The van der Waals surface area contributed by atoms with Crippen LogP contribution >= 0.6 is 23.4 Å². The molecule has 1 amide bonds. The van der Waals surface area contributed by atoms with Gasteiger partial charge in [-0.3, -0.25) is 4.79 Å². The highest BCUT2D eigenvalue weighted by Gasteiger charge is 2.15. The topological polar surface area (TPSA) is 110 Å². The maximum atomic E-state index is 13.6. The highest BCUT2D eigenvalue weighted by molar-refractivity contribution is 7.99. The minimum atomic E-state index is -0.865. The van der Waals surface area contributed by atoms with Crippen LogP contribution in [0.3, 0.4) is 0 Å². The second-order valence-electron chi connectivity index (χ2n) is 5.53. The van der Waals surface area contributed by atoms with Crippen molar-refractivity contribution in [1.29, 1.82) is 0 Å². The van der Waals surface area contributed by atoms with E-state index in [0.717, 1.165) is 34.1 Å². The van der Waals surface area contributed by atoms with Crippen LogP contribution in [0.5, 0.6) is 0 Å². The minimum absolute atomic E-state index is 0.137. The summed E-state index contributed by atoms with van der Waals surface area (Å²) in [6.07, 6.45) is 1.54. The van der Waals surface area contributed by atoms with E-state index in [-0.39, 0.29) is 16.9 Å². The first-order valence-electron chi connectivity index (χ1n) is 8.06. The second kappa shape index (κ2) is 9.34. The number of aromatic nitrogens is 3. The molecule has 1 aromatic heterocycles. The average molecular weight is 438 g/mol. The summed E-state index contributed by atoms with van der Waals surface area (Å²) in [5, 5.41) is 14.6. The van der Waals surface area contributed by atoms with E-state index >= 15 is 0 Å². The fourth-order valence-corrected chi connectivity index (χ4v) is 2.87. The van der Waals surface area contributed by atoms with Crippen molar-refractivity contribution in [1.82, 2.24) is 14.9 Å². The SMILES string of the molecule is Nn1c(N/N=C/c2ccc(Cl)cc2)nnc1SCC(=O)Nc1c(F)cccc1F. The monoisotopic (exact) mass is 437 g/mol. The summed E-state index contributed by atoms with van der Waals surface area (Å²) in [4.78, 5) is 11.9. The molecule has 8 nitrogen and oxygen atoms in total. The highest BCUT2D eigenvalue weighted by Crippen LogP contribution is 2.20. The van der Waals surface area contributed by atoms with Gasteiger partial charge in [-0.1, -0.05) is 41.6 Å². The predicted octanol–water partition coefficient (Wildman–Crippen LogP) is 3.10. The van der Waals surface area contributed by atoms with E-state index < -0.39 is 23.2 Å². The zero-order valence-corrected chi connectivity index (χ0v) is 16.2. The lowest BCUT2D eigenvalue weighted by Crippen LogP contribution is -2.18. The third kappa shape index (κ3) is 5.42. The summed E-state index contributed by atoms with van der Waals surface area (Å²) >= 11 is 6.75. The van der Waals surface area contributed by atoms with Gasteiger partial charge in [0.05, 0.1) is 12.0 Å². The molecule has 1 heterocycles. The molecule has 0 aliphatic heterocycles. The van der Waals surface area contributed by atoms with Crippen LogP contribution in [-0.2, 0) is 4.79 Å². The van der Waals surface area contributed by atoms with E-state index in [9.17, 15) is 13.6 Å². The molecule has 0 spiro atoms. The molecule has 0 radical (unpaired) electrons. The molecular formula is C17H14ClF2N7OS. The van der Waals surface area contributed by atoms with Gasteiger partial charge >= 0.3 is 0 Å². The quantitative estimate of drug-likeness (QED) is 0.227. The molecule has 29 heavy (non-hydrogen) atoms. The Morgan fingerprint density at radius 2 is 1.90 bits per heavy atom. The summed E-state index contributed by atoms with van der Waals surface area (Å²) in [5.74, 6) is 3.45. The summed E-state index contributed by atoms with van der Waals surface area (Å²) < 4.78 is 28.2. The number of hydrogen-bond acceptors (Lipinski definition) is 7. The zero-order valence-electron chi connectivity index (χ0n) is 14.6. The molecule has 0 aliphatic carbocycles. The van der Waals surface area contributed by atoms with Crippen molar-refractivity contribution in [3.05, 3.63) is 64.7 Å². The van der Waals surface area contributed by atoms with Gasteiger partial charge in [0.25, 0.3) is 5.95 Å². The lowest BCUT2D eigenvalue weighted by atomic mass is 10.2. The van der Waals surface area contributed by atoms with Crippen molar-refractivity contribution in [3.8, 4) is 0 Å². The van der Waals surface area contributed by atoms with E-state index in [1.54, 1.807) is 24.3 Å². The Bertz CT molecular complexity index is 1020.